The van der Waals surface area contributed by atoms with Crippen LogP contribution in [0.3, 0.4) is 0 Å². The number of rotatable bonds is 2. The van der Waals surface area contributed by atoms with Crippen LogP contribution in [0.5, 0.6) is 0 Å². The Labute approximate surface area is 107 Å². The van der Waals surface area contributed by atoms with Gasteiger partial charge in [0.15, 0.2) is 5.65 Å². The Kier molecular flexibility index (Phi) is 2.82. The van der Waals surface area contributed by atoms with Crippen molar-refractivity contribution in [2.24, 2.45) is 0 Å². The van der Waals surface area contributed by atoms with Crippen molar-refractivity contribution in [3.8, 4) is 0 Å². The van der Waals surface area contributed by atoms with Crippen molar-refractivity contribution >= 4 is 11.2 Å². The van der Waals surface area contributed by atoms with Gasteiger partial charge in [-0.15, -0.1) is 0 Å². The molecule has 0 aliphatic carbocycles. The predicted octanol–water partition coefficient (Wildman–Crippen LogP) is 2.44. The molecule has 0 radical (unpaired) electrons. The van der Waals surface area contributed by atoms with E-state index < -0.39 is 0 Å². The lowest BCUT2D eigenvalue weighted by Gasteiger charge is -2.34. The first-order valence-electron chi connectivity index (χ1n) is 6.81. The second-order valence-corrected chi connectivity index (χ2v) is 5.24. The average Bonchev–Trinajstić information content (AvgIpc) is 2.79. The van der Waals surface area contributed by atoms with E-state index in [9.17, 15) is 0 Å². The van der Waals surface area contributed by atoms with Gasteiger partial charge in [0.2, 0.25) is 0 Å². The van der Waals surface area contributed by atoms with Crippen molar-refractivity contribution in [2.75, 3.05) is 6.54 Å². The summed E-state index contributed by atoms with van der Waals surface area (Å²) in [5.41, 5.74) is 2.00. The monoisotopic (exact) mass is 244 g/mol. The van der Waals surface area contributed by atoms with Crippen LogP contribution in [-0.2, 0) is 12.1 Å². The Hall–Kier alpha value is -1.42. The maximum atomic E-state index is 4.82. The van der Waals surface area contributed by atoms with Gasteiger partial charge in [0.05, 0.1) is 5.54 Å². The molecule has 2 aromatic rings. The first-order chi connectivity index (χ1) is 8.74. The number of aromatic nitrogens is 3. The van der Waals surface area contributed by atoms with Crippen LogP contribution in [0, 0.1) is 0 Å². The minimum Gasteiger partial charge on any atom is -0.311 e. The summed E-state index contributed by atoms with van der Waals surface area (Å²) in [6, 6.07) is 4.00. The van der Waals surface area contributed by atoms with Gasteiger partial charge in [-0.3, -0.25) is 0 Å². The van der Waals surface area contributed by atoms with Gasteiger partial charge in [-0.1, -0.05) is 0 Å². The van der Waals surface area contributed by atoms with E-state index in [1.165, 1.54) is 12.8 Å². The molecule has 0 amide bonds. The topological polar surface area (TPSA) is 42.7 Å². The molecular weight excluding hydrogens is 224 g/mol. The van der Waals surface area contributed by atoms with Crippen LogP contribution >= 0.6 is 0 Å². The van der Waals surface area contributed by atoms with Gasteiger partial charge in [-0.05, 0) is 51.8 Å². The molecule has 0 aromatic carbocycles. The fraction of sp³-hybridized carbons (Fsp3) is 0.571. The highest BCUT2D eigenvalue weighted by Crippen LogP contribution is 2.31. The first-order valence-corrected chi connectivity index (χ1v) is 6.81. The van der Waals surface area contributed by atoms with Gasteiger partial charge in [0.1, 0.15) is 11.3 Å². The highest BCUT2D eigenvalue weighted by molar-refractivity contribution is 5.71. The van der Waals surface area contributed by atoms with Crippen LogP contribution in [-0.4, -0.2) is 21.1 Å². The minimum atomic E-state index is -0.00500. The number of hydrogen-bond donors (Lipinski definition) is 1. The Morgan fingerprint density at radius 1 is 1.44 bits per heavy atom. The second kappa shape index (κ2) is 4.35. The zero-order valence-corrected chi connectivity index (χ0v) is 11.1. The number of pyridine rings is 1. The van der Waals surface area contributed by atoms with Crippen molar-refractivity contribution in [1.82, 2.24) is 19.9 Å². The van der Waals surface area contributed by atoms with Crippen molar-refractivity contribution in [3.05, 3.63) is 24.2 Å². The first kappa shape index (κ1) is 11.7. The van der Waals surface area contributed by atoms with Gasteiger partial charge in [0.25, 0.3) is 0 Å². The van der Waals surface area contributed by atoms with E-state index in [1.54, 1.807) is 0 Å². The Bertz CT molecular complexity index is 552. The minimum absolute atomic E-state index is 0.00500. The summed E-state index contributed by atoms with van der Waals surface area (Å²) in [5, 5.41) is 3.64. The molecule has 4 nitrogen and oxygen atoms in total. The number of nitrogens with zero attached hydrogens (tertiary/aromatic N) is 3. The summed E-state index contributed by atoms with van der Waals surface area (Å²) in [4.78, 5) is 9.29. The lowest BCUT2D eigenvalue weighted by molar-refractivity contribution is 0.262. The molecule has 1 aliphatic heterocycles. The number of imidazole rings is 1. The maximum Gasteiger partial charge on any atom is 0.160 e. The summed E-state index contributed by atoms with van der Waals surface area (Å²) in [5.74, 6) is 1.14. The van der Waals surface area contributed by atoms with Crippen LogP contribution in [0.25, 0.3) is 11.2 Å². The maximum absolute atomic E-state index is 4.82. The molecule has 0 bridgehead atoms. The lowest BCUT2D eigenvalue weighted by atomic mass is 9.90. The lowest BCUT2D eigenvalue weighted by Crippen LogP contribution is -2.45. The summed E-state index contributed by atoms with van der Waals surface area (Å²) < 4.78 is 2.24. The Balaban J connectivity index is 2.15. The van der Waals surface area contributed by atoms with Gasteiger partial charge >= 0.3 is 0 Å². The predicted molar refractivity (Wildman–Crippen MR) is 72.4 cm³/mol. The molecule has 1 N–H and O–H groups in total. The quantitative estimate of drug-likeness (QED) is 0.882. The van der Waals surface area contributed by atoms with Crippen molar-refractivity contribution in [3.63, 3.8) is 0 Å². The molecule has 96 valence electrons. The molecule has 1 saturated heterocycles. The number of piperidine rings is 1. The van der Waals surface area contributed by atoms with Crippen molar-refractivity contribution in [1.29, 1.82) is 0 Å². The molecule has 3 rings (SSSR count). The van der Waals surface area contributed by atoms with Crippen LogP contribution in [0.4, 0.5) is 0 Å². The van der Waals surface area contributed by atoms with Gasteiger partial charge in [-0.2, -0.15) is 0 Å². The van der Waals surface area contributed by atoms with Gasteiger partial charge in [0, 0.05) is 12.7 Å². The van der Waals surface area contributed by atoms with Crippen LogP contribution in [0.15, 0.2) is 18.3 Å². The zero-order valence-electron chi connectivity index (χ0n) is 11.1. The molecular formula is C14H20N4. The highest BCUT2D eigenvalue weighted by Gasteiger charge is 2.33. The number of aryl methyl sites for hydroxylation is 1. The normalized spacial score (nSPS) is 24.6. The molecule has 4 heteroatoms. The van der Waals surface area contributed by atoms with Crippen molar-refractivity contribution < 1.29 is 0 Å². The fourth-order valence-corrected chi connectivity index (χ4v) is 2.93. The number of fused-ring (bicyclic) bond motifs is 1. The SMILES string of the molecule is CCn1c(C2(C)CCCCN2)nc2cccnc21. The molecule has 1 atom stereocenters. The Morgan fingerprint density at radius 2 is 2.33 bits per heavy atom. The molecule has 1 fully saturated rings. The molecule has 1 unspecified atom stereocenters. The smallest absolute Gasteiger partial charge is 0.160 e. The van der Waals surface area contributed by atoms with Crippen LogP contribution in [0.1, 0.15) is 38.9 Å². The number of nitrogens with one attached hydrogen (secondary N) is 1. The summed E-state index contributed by atoms with van der Waals surface area (Å²) in [7, 11) is 0. The third-order valence-corrected chi connectivity index (χ3v) is 3.93. The highest BCUT2D eigenvalue weighted by atomic mass is 15.2. The zero-order chi connectivity index (χ0) is 12.6. The molecule has 1 aliphatic rings. The largest absolute Gasteiger partial charge is 0.311 e. The van der Waals surface area contributed by atoms with E-state index >= 15 is 0 Å². The van der Waals surface area contributed by atoms with Crippen LogP contribution in [0.2, 0.25) is 0 Å². The van der Waals surface area contributed by atoms with E-state index in [0.717, 1.165) is 36.5 Å². The van der Waals surface area contributed by atoms with E-state index in [-0.39, 0.29) is 5.54 Å². The third-order valence-electron chi connectivity index (χ3n) is 3.93. The summed E-state index contributed by atoms with van der Waals surface area (Å²) in [6.07, 6.45) is 5.52. The molecule has 0 saturated carbocycles. The molecule has 0 spiro atoms. The standard InChI is InChI=1S/C14H20N4/c1-3-18-12-11(7-6-9-15-12)17-13(18)14(2)8-4-5-10-16-14/h6-7,9,16H,3-5,8,10H2,1-2H3. The summed E-state index contributed by atoms with van der Waals surface area (Å²) >= 11 is 0. The molecule has 3 heterocycles. The van der Waals surface area contributed by atoms with Crippen LogP contribution < -0.4 is 5.32 Å². The van der Waals surface area contributed by atoms with E-state index in [0.29, 0.717) is 0 Å². The van der Waals surface area contributed by atoms with E-state index in [2.05, 4.69) is 28.7 Å². The van der Waals surface area contributed by atoms with Crippen molar-refractivity contribution in [2.45, 2.75) is 45.2 Å². The average molecular weight is 244 g/mol. The summed E-state index contributed by atoms with van der Waals surface area (Å²) in [6.45, 7) is 6.42. The Morgan fingerprint density at radius 3 is 3.06 bits per heavy atom. The fourth-order valence-electron chi connectivity index (χ4n) is 2.93. The van der Waals surface area contributed by atoms with Gasteiger partial charge in [-0.25, -0.2) is 9.97 Å². The second-order valence-electron chi connectivity index (χ2n) is 5.24. The van der Waals surface area contributed by atoms with Gasteiger partial charge < -0.3 is 9.88 Å². The number of hydrogen-bond acceptors (Lipinski definition) is 3. The van der Waals surface area contributed by atoms with E-state index in [1.807, 2.05) is 18.3 Å². The molecule has 18 heavy (non-hydrogen) atoms. The third kappa shape index (κ3) is 1.72. The van der Waals surface area contributed by atoms with E-state index in [4.69, 9.17) is 4.98 Å². The molecule has 2 aromatic heterocycles.